The molecule has 6 nitrogen and oxygen atoms in total. The molecular weight excluding hydrogens is 516 g/mol. The van der Waals surface area contributed by atoms with Crippen LogP contribution in [-0.4, -0.2) is 38.8 Å². The number of rotatable bonds is 23. The van der Waals surface area contributed by atoms with Gasteiger partial charge in [-0.3, -0.25) is 4.79 Å². The normalized spacial score (nSPS) is 11.0. The lowest BCUT2D eigenvalue weighted by atomic mass is 10.1. The minimum absolute atomic E-state index is 0.181. The van der Waals surface area contributed by atoms with Crippen LogP contribution in [-0.2, 0) is 0 Å². The van der Waals surface area contributed by atoms with E-state index in [1.54, 1.807) is 6.08 Å². The number of benzene rings is 2. The molecule has 0 amide bonds. The molecule has 0 radical (unpaired) electrons. The molecule has 0 saturated heterocycles. The van der Waals surface area contributed by atoms with Crippen LogP contribution in [0, 0.1) is 0 Å². The Hall–Kier alpha value is -3.15. The van der Waals surface area contributed by atoms with Gasteiger partial charge >= 0.3 is 0 Å². The summed E-state index contributed by atoms with van der Waals surface area (Å²) in [7, 11) is 0. The molecule has 0 atom stereocenters. The second-order valence-electron chi connectivity index (χ2n) is 10.2. The molecule has 0 aliphatic rings. The lowest BCUT2D eigenvalue weighted by Crippen LogP contribution is -2.09. The van der Waals surface area contributed by atoms with E-state index in [0.717, 1.165) is 75.5 Å². The van der Waals surface area contributed by atoms with Crippen LogP contribution in [0.2, 0.25) is 0 Å². The number of hydrogen-bond donors (Lipinski definition) is 0. The first kappa shape index (κ1) is 34.1. The van der Waals surface area contributed by atoms with Crippen molar-refractivity contribution in [3.05, 3.63) is 47.5 Å². The molecule has 0 aromatic heterocycles. The number of carbonyl (C=O) groups is 1. The minimum atomic E-state index is -0.181. The van der Waals surface area contributed by atoms with Crippen LogP contribution in [0.25, 0.3) is 6.08 Å². The second-order valence-corrected chi connectivity index (χ2v) is 10.2. The number of hydrogen-bond acceptors (Lipinski definition) is 6. The highest BCUT2D eigenvalue weighted by Crippen LogP contribution is 2.36. The maximum atomic E-state index is 13.7. The first-order valence-corrected chi connectivity index (χ1v) is 15.8. The van der Waals surface area contributed by atoms with E-state index < -0.39 is 0 Å². The molecule has 2 rings (SSSR count). The summed E-state index contributed by atoms with van der Waals surface area (Å²) < 4.78 is 30.3. The average Bonchev–Trinajstić information content (AvgIpc) is 2.97. The summed E-state index contributed by atoms with van der Waals surface area (Å²) in [5, 5.41) is 0. The van der Waals surface area contributed by atoms with Gasteiger partial charge in [0.15, 0.2) is 17.3 Å². The van der Waals surface area contributed by atoms with Crippen molar-refractivity contribution in [1.82, 2.24) is 0 Å². The fourth-order valence-corrected chi connectivity index (χ4v) is 3.88. The van der Waals surface area contributed by atoms with Crippen LogP contribution in [0.4, 0.5) is 0 Å². The van der Waals surface area contributed by atoms with Gasteiger partial charge in [-0.2, -0.15) is 0 Å². The molecule has 0 bridgehead atoms. The van der Waals surface area contributed by atoms with E-state index in [-0.39, 0.29) is 5.78 Å². The topological polar surface area (TPSA) is 63.2 Å². The van der Waals surface area contributed by atoms with Crippen LogP contribution >= 0.6 is 0 Å². The summed E-state index contributed by atoms with van der Waals surface area (Å²) in [6, 6.07) is 9.44. The number of ketones is 1. The quantitative estimate of drug-likeness (QED) is 0.0756. The van der Waals surface area contributed by atoms with Crippen molar-refractivity contribution in [3.63, 3.8) is 0 Å². The van der Waals surface area contributed by atoms with Gasteiger partial charge < -0.3 is 23.7 Å². The first-order valence-electron chi connectivity index (χ1n) is 15.8. The van der Waals surface area contributed by atoms with Crippen molar-refractivity contribution in [2.45, 2.75) is 98.8 Å². The standard InChI is InChI=1S/C35H52O6/c1-6-11-20-37-29-26-33(40-23-14-9-4)35(34(27-29)41-24-15-10-5)30(36)18-16-28-17-19-31(38-21-12-7-2)32(25-28)39-22-13-8-3/h16-19,25-27H,6-15,20-24H2,1-5H3/b18-16+. The highest BCUT2D eigenvalue weighted by atomic mass is 16.5. The SMILES string of the molecule is CCCCOc1cc(OCCCC)c(C(=O)/C=C/c2ccc(OCCCC)c(OCCCC)c2)c(OCCCC)c1. The van der Waals surface area contributed by atoms with Gasteiger partial charge in [0.05, 0.1) is 33.0 Å². The van der Waals surface area contributed by atoms with E-state index >= 15 is 0 Å². The zero-order valence-corrected chi connectivity index (χ0v) is 26.1. The van der Waals surface area contributed by atoms with Crippen molar-refractivity contribution in [3.8, 4) is 28.7 Å². The summed E-state index contributed by atoms with van der Waals surface area (Å²) in [4.78, 5) is 13.7. The van der Waals surface area contributed by atoms with Crippen LogP contribution in [0.5, 0.6) is 28.7 Å². The number of carbonyl (C=O) groups excluding carboxylic acids is 1. The largest absolute Gasteiger partial charge is 0.493 e. The van der Waals surface area contributed by atoms with E-state index in [0.29, 0.717) is 61.6 Å². The summed E-state index contributed by atoms with van der Waals surface area (Å²) in [6.45, 7) is 13.5. The summed E-state index contributed by atoms with van der Waals surface area (Å²) >= 11 is 0. The lowest BCUT2D eigenvalue weighted by Gasteiger charge is -2.17. The zero-order chi connectivity index (χ0) is 29.7. The van der Waals surface area contributed by atoms with Crippen molar-refractivity contribution in [1.29, 1.82) is 0 Å². The molecule has 6 heteroatoms. The zero-order valence-electron chi connectivity index (χ0n) is 26.1. The predicted molar refractivity (Wildman–Crippen MR) is 168 cm³/mol. The Morgan fingerprint density at radius 1 is 0.561 bits per heavy atom. The van der Waals surface area contributed by atoms with E-state index in [1.165, 1.54) is 0 Å². The van der Waals surface area contributed by atoms with Crippen molar-refractivity contribution >= 4 is 11.9 Å². The number of ether oxygens (including phenoxy) is 5. The van der Waals surface area contributed by atoms with E-state index in [1.807, 2.05) is 36.4 Å². The molecular formula is C35H52O6. The Bertz CT molecular complexity index is 1010. The van der Waals surface area contributed by atoms with Gasteiger partial charge in [-0.25, -0.2) is 0 Å². The molecule has 2 aromatic carbocycles. The van der Waals surface area contributed by atoms with E-state index in [9.17, 15) is 4.79 Å². The second kappa shape index (κ2) is 20.7. The molecule has 228 valence electrons. The van der Waals surface area contributed by atoms with Crippen LogP contribution < -0.4 is 23.7 Å². The Balaban J connectivity index is 2.39. The predicted octanol–water partition coefficient (Wildman–Crippen LogP) is 9.48. The van der Waals surface area contributed by atoms with Crippen LogP contribution in [0.1, 0.15) is 115 Å². The molecule has 0 aliphatic heterocycles. The number of allylic oxidation sites excluding steroid dienone is 1. The van der Waals surface area contributed by atoms with Gasteiger partial charge in [0, 0.05) is 12.1 Å². The number of unbranched alkanes of at least 4 members (excludes halogenated alkanes) is 5. The summed E-state index contributed by atoms with van der Waals surface area (Å²) in [5.74, 6) is 2.90. The average molecular weight is 569 g/mol. The highest BCUT2D eigenvalue weighted by molar-refractivity contribution is 6.10. The molecule has 0 heterocycles. The third kappa shape index (κ3) is 12.5. The Labute approximate surface area is 248 Å². The molecule has 2 aromatic rings. The molecule has 0 spiro atoms. The monoisotopic (exact) mass is 568 g/mol. The smallest absolute Gasteiger partial charge is 0.193 e. The van der Waals surface area contributed by atoms with Crippen LogP contribution in [0.3, 0.4) is 0 Å². The van der Waals surface area contributed by atoms with Gasteiger partial charge in [-0.05, 0) is 55.9 Å². The summed E-state index contributed by atoms with van der Waals surface area (Å²) in [6.07, 6.45) is 13.2. The van der Waals surface area contributed by atoms with E-state index in [2.05, 4.69) is 34.6 Å². The molecule has 0 unspecified atom stereocenters. The first-order chi connectivity index (χ1) is 20.1. The van der Waals surface area contributed by atoms with Crippen LogP contribution in [0.15, 0.2) is 36.4 Å². The minimum Gasteiger partial charge on any atom is -0.493 e. The van der Waals surface area contributed by atoms with Gasteiger partial charge in [0.2, 0.25) is 0 Å². The van der Waals surface area contributed by atoms with E-state index in [4.69, 9.17) is 23.7 Å². The lowest BCUT2D eigenvalue weighted by molar-refractivity contribution is 0.103. The molecule has 0 fully saturated rings. The third-order valence-corrected chi connectivity index (χ3v) is 6.47. The highest BCUT2D eigenvalue weighted by Gasteiger charge is 2.20. The van der Waals surface area contributed by atoms with Gasteiger partial charge in [0.25, 0.3) is 0 Å². The Morgan fingerprint density at radius 2 is 1.00 bits per heavy atom. The maximum Gasteiger partial charge on any atom is 0.193 e. The molecule has 41 heavy (non-hydrogen) atoms. The molecule has 0 saturated carbocycles. The molecule has 0 aliphatic carbocycles. The molecule has 0 N–H and O–H groups in total. The fourth-order valence-electron chi connectivity index (χ4n) is 3.88. The third-order valence-electron chi connectivity index (χ3n) is 6.47. The fraction of sp³-hybridized carbons (Fsp3) is 0.571. The summed E-state index contributed by atoms with van der Waals surface area (Å²) in [5.41, 5.74) is 1.28. The van der Waals surface area contributed by atoms with Crippen molar-refractivity contribution in [2.75, 3.05) is 33.0 Å². The maximum absolute atomic E-state index is 13.7. The van der Waals surface area contributed by atoms with Crippen molar-refractivity contribution in [2.24, 2.45) is 0 Å². The Morgan fingerprint density at radius 3 is 1.49 bits per heavy atom. The Kier molecular flexibility index (Phi) is 17.2. The van der Waals surface area contributed by atoms with Gasteiger partial charge in [-0.1, -0.05) is 78.9 Å². The van der Waals surface area contributed by atoms with Gasteiger partial charge in [0.1, 0.15) is 22.8 Å². The van der Waals surface area contributed by atoms with Crippen molar-refractivity contribution < 1.29 is 28.5 Å². The van der Waals surface area contributed by atoms with Gasteiger partial charge in [-0.15, -0.1) is 0 Å².